The van der Waals surface area contributed by atoms with Gasteiger partial charge in [-0.25, -0.2) is 9.86 Å². The van der Waals surface area contributed by atoms with Crippen molar-refractivity contribution < 1.29 is 13.2 Å². The molecule has 0 spiro atoms. The fraction of sp³-hybridized carbons (Fsp3) is 0.500. The molecule has 2 atom stereocenters. The van der Waals surface area contributed by atoms with E-state index < -0.39 is 10.2 Å². The van der Waals surface area contributed by atoms with Gasteiger partial charge in [-0.3, -0.25) is 0 Å². The molecule has 4 N–H and O–H groups in total. The lowest BCUT2D eigenvalue weighted by Crippen LogP contribution is -2.39. The van der Waals surface area contributed by atoms with Crippen LogP contribution in [0.2, 0.25) is 10.0 Å². The van der Waals surface area contributed by atoms with Gasteiger partial charge in [-0.05, 0) is 17.7 Å². The van der Waals surface area contributed by atoms with Crippen molar-refractivity contribution in [2.75, 3.05) is 26.2 Å². The van der Waals surface area contributed by atoms with Gasteiger partial charge in [0.15, 0.2) is 0 Å². The van der Waals surface area contributed by atoms with E-state index in [-0.39, 0.29) is 31.0 Å². The number of hydrogen-bond acceptors (Lipinski definition) is 4. The minimum Gasteiger partial charge on any atom is -0.372 e. The third-order valence-corrected chi connectivity index (χ3v) is 4.54. The second-order valence-corrected chi connectivity index (χ2v) is 7.02. The Bertz CT molecular complexity index is 601. The molecule has 2 rings (SSSR count). The van der Waals surface area contributed by atoms with Gasteiger partial charge in [0.05, 0.1) is 22.8 Å². The van der Waals surface area contributed by atoms with Gasteiger partial charge in [0.2, 0.25) is 0 Å². The minimum atomic E-state index is -3.74. The number of halogens is 3. The van der Waals surface area contributed by atoms with Crippen molar-refractivity contribution in [3.05, 3.63) is 33.8 Å². The number of nitrogens with one attached hydrogen (secondary N) is 2. The molecule has 0 amide bonds. The summed E-state index contributed by atoms with van der Waals surface area (Å²) in [4.78, 5) is 0. The molecule has 1 heterocycles. The number of rotatable bonds is 4. The van der Waals surface area contributed by atoms with Crippen LogP contribution in [0.25, 0.3) is 0 Å². The van der Waals surface area contributed by atoms with Crippen molar-refractivity contribution in [3.8, 4) is 0 Å². The highest BCUT2D eigenvalue weighted by molar-refractivity contribution is 7.87. The summed E-state index contributed by atoms with van der Waals surface area (Å²) >= 11 is 12.0. The van der Waals surface area contributed by atoms with E-state index in [0.717, 1.165) is 5.56 Å². The normalized spacial score (nSPS) is 22.7. The summed E-state index contributed by atoms with van der Waals surface area (Å²) in [5, 5.41) is 9.08. The fourth-order valence-electron chi connectivity index (χ4n) is 2.25. The van der Waals surface area contributed by atoms with Crippen molar-refractivity contribution in [1.82, 2.24) is 10.0 Å². The van der Waals surface area contributed by atoms with Gasteiger partial charge in [-0.1, -0.05) is 29.3 Å². The van der Waals surface area contributed by atoms with Crippen molar-refractivity contribution in [2.24, 2.45) is 11.1 Å². The largest absolute Gasteiger partial charge is 0.372 e. The molecule has 0 aromatic heterocycles. The Labute approximate surface area is 146 Å². The summed E-state index contributed by atoms with van der Waals surface area (Å²) < 4.78 is 30.3. The fourth-order valence-corrected chi connectivity index (χ4v) is 3.00. The Kier molecular flexibility index (Phi) is 7.84. The first kappa shape index (κ1) is 19.9. The molecule has 1 saturated heterocycles. The maximum absolute atomic E-state index is 11.1. The molecule has 1 aromatic carbocycles. The zero-order valence-corrected chi connectivity index (χ0v) is 14.7. The Morgan fingerprint density at radius 2 is 2.09 bits per heavy atom. The standard InChI is InChI=1S/C12H17Cl2N3O3S.ClH/c13-10-2-1-8(5-11(10)14)12-9(6-16-3-4-20-12)7-17-21(15,18)19;/h1-2,5,9,12,16-17H,3-4,6-7H2,(H2,15,18,19);1H. The average Bonchev–Trinajstić information content (AvgIpc) is 2.64. The summed E-state index contributed by atoms with van der Waals surface area (Å²) in [5.74, 6) is -0.108. The van der Waals surface area contributed by atoms with Crippen molar-refractivity contribution in [3.63, 3.8) is 0 Å². The summed E-state index contributed by atoms with van der Waals surface area (Å²) in [6, 6.07) is 5.27. The van der Waals surface area contributed by atoms with E-state index in [4.69, 9.17) is 33.1 Å². The van der Waals surface area contributed by atoms with Crippen LogP contribution in [-0.2, 0) is 14.9 Å². The SMILES string of the molecule is Cl.NS(=O)(=O)NCC1CNCCOC1c1ccc(Cl)c(Cl)c1. The Balaban J connectivity index is 0.00000242. The molecular weight excluding hydrogens is 373 g/mol. The predicted octanol–water partition coefficient (Wildman–Crippen LogP) is 1.49. The van der Waals surface area contributed by atoms with E-state index >= 15 is 0 Å². The summed E-state index contributed by atoms with van der Waals surface area (Å²) in [6.45, 7) is 2.00. The van der Waals surface area contributed by atoms with Crippen molar-refractivity contribution >= 4 is 45.8 Å². The molecule has 22 heavy (non-hydrogen) atoms. The van der Waals surface area contributed by atoms with E-state index in [9.17, 15) is 8.42 Å². The molecular formula is C12H18Cl3N3O3S. The molecule has 0 saturated carbocycles. The molecule has 0 radical (unpaired) electrons. The first-order chi connectivity index (χ1) is 9.87. The summed E-state index contributed by atoms with van der Waals surface area (Å²) in [6.07, 6.45) is -0.288. The number of nitrogens with two attached hydrogens (primary N) is 1. The first-order valence-corrected chi connectivity index (χ1v) is 8.71. The topological polar surface area (TPSA) is 93.5 Å². The lowest BCUT2D eigenvalue weighted by atomic mass is 9.95. The monoisotopic (exact) mass is 389 g/mol. The molecule has 1 aliphatic rings. The lowest BCUT2D eigenvalue weighted by molar-refractivity contribution is 0.0322. The van der Waals surface area contributed by atoms with Crippen molar-refractivity contribution in [2.45, 2.75) is 6.10 Å². The third-order valence-electron chi connectivity index (χ3n) is 3.23. The zero-order chi connectivity index (χ0) is 15.5. The minimum absolute atomic E-state index is 0. The van der Waals surface area contributed by atoms with Gasteiger partial charge in [0, 0.05) is 25.6 Å². The molecule has 126 valence electrons. The van der Waals surface area contributed by atoms with Crippen LogP contribution in [0.15, 0.2) is 18.2 Å². The van der Waals surface area contributed by atoms with E-state index in [1.165, 1.54) is 0 Å². The molecule has 10 heteroatoms. The van der Waals surface area contributed by atoms with Gasteiger partial charge in [-0.2, -0.15) is 8.42 Å². The van der Waals surface area contributed by atoms with Gasteiger partial charge in [0.25, 0.3) is 10.2 Å². The molecule has 1 aliphatic heterocycles. The van der Waals surface area contributed by atoms with Crippen LogP contribution in [0.4, 0.5) is 0 Å². The maximum Gasteiger partial charge on any atom is 0.274 e. The molecule has 1 aromatic rings. The van der Waals surface area contributed by atoms with Crippen LogP contribution in [0.3, 0.4) is 0 Å². The van der Waals surface area contributed by atoms with Gasteiger partial charge in [0.1, 0.15) is 0 Å². The lowest BCUT2D eigenvalue weighted by Gasteiger charge is -2.25. The van der Waals surface area contributed by atoms with Crippen LogP contribution < -0.4 is 15.2 Å². The molecule has 0 bridgehead atoms. The van der Waals surface area contributed by atoms with E-state index in [1.54, 1.807) is 12.1 Å². The maximum atomic E-state index is 11.1. The number of ether oxygens (including phenoxy) is 1. The molecule has 0 aliphatic carbocycles. The second kappa shape index (κ2) is 8.65. The Morgan fingerprint density at radius 1 is 1.36 bits per heavy atom. The van der Waals surface area contributed by atoms with E-state index in [2.05, 4.69) is 10.0 Å². The molecule has 6 nitrogen and oxygen atoms in total. The highest BCUT2D eigenvalue weighted by Crippen LogP contribution is 2.31. The van der Waals surface area contributed by atoms with Gasteiger partial charge >= 0.3 is 0 Å². The van der Waals surface area contributed by atoms with Crippen LogP contribution in [0.1, 0.15) is 11.7 Å². The average molecular weight is 391 g/mol. The quantitative estimate of drug-likeness (QED) is 0.726. The van der Waals surface area contributed by atoms with Crippen LogP contribution in [0.5, 0.6) is 0 Å². The smallest absolute Gasteiger partial charge is 0.274 e. The first-order valence-electron chi connectivity index (χ1n) is 6.41. The van der Waals surface area contributed by atoms with Gasteiger partial charge < -0.3 is 10.1 Å². The highest BCUT2D eigenvalue weighted by Gasteiger charge is 2.27. The van der Waals surface area contributed by atoms with E-state index in [1.807, 2.05) is 6.07 Å². The second-order valence-electron chi connectivity index (χ2n) is 4.82. The number of benzene rings is 1. The van der Waals surface area contributed by atoms with Crippen LogP contribution >= 0.6 is 35.6 Å². The summed E-state index contributed by atoms with van der Waals surface area (Å²) in [5.41, 5.74) is 0.856. The van der Waals surface area contributed by atoms with Crippen LogP contribution in [0, 0.1) is 5.92 Å². The molecule has 1 fully saturated rings. The van der Waals surface area contributed by atoms with E-state index in [0.29, 0.717) is 29.7 Å². The van der Waals surface area contributed by atoms with Crippen molar-refractivity contribution in [1.29, 1.82) is 0 Å². The van der Waals surface area contributed by atoms with Crippen LogP contribution in [-0.4, -0.2) is 34.7 Å². The Hall–Kier alpha value is -0.120. The highest BCUT2D eigenvalue weighted by atomic mass is 35.5. The van der Waals surface area contributed by atoms with Gasteiger partial charge in [-0.15, -0.1) is 12.4 Å². The number of hydrogen-bond donors (Lipinski definition) is 3. The third kappa shape index (κ3) is 5.82. The molecule has 2 unspecified atom stereocenters. The Morgan fingerprint density at radius 3 is 2.73 bits per heavy atom. The zero-order valence-electron chi connectivity index (χ0n) is 11.6. The predicted molar refractivity (Wildman–Crippen MR) is 89.9 cm³/mol. The summed E-state index contributed by atoms with van der Waals surface area (Å²) in [7, 11) is -3.74.